The molecule has 140 valence electrons. The minimum atomic E-state index is -0.173. The van der Waals surface area contributed by atoms with Crippen LogP contribution in [-0.4, -0.2) is 44.6 Å². The van der Waals surface area contributed by atoms with Crippen molar-refractivity contribution < 1.29 is 26.4 Å². The number of hydrogen-bond acceptors (Lipinski definition) is 4. The minimum Gasteiger partial charge on any atom is -1.00 e. The van der Waals surface area contributed by atoms with Gasteiger partial charge in [-0.2, -0.15) is 0 Å². The van der Waals surface area contributed by atoms with Crippen molar-refractivity contribution in [3.8, 4) is 5.75 Å². The summed E-state index contributed by atoms with van der Waals surface area (Å²) >= 11 is 0. The second-order valence-electron chi connectivity index (χ2n) is 7.23. The molecule has 0 fully saturated rings. The van der Waals surface area contributed by atoms with Gasteiger partial charge >= 0.3 is 0 Å². The van der Waals surface area contributed by atoms with Crippen molar-refractivity contribution in [1.82, 2.24) is 10.2 Å². The van der Waals surface area contributed by atoms with Crippen LogP contribution in [0.5, 0.6) is 5.75 Å². The SMILES string of the molecule is CCOc1ccc2oc(C(=O)NCC(C)(C)CN(C)C)c(C)c2c1.[Cl-]. The number of halogens is 1. The molecule has 0 aliphatic heterocycles. The van der Waals surface area contributed by atoms with E-state index in [1.807, 2.05) is 46.1 Å². The molecule has 0 unspecified atom stereocenters. The normalized spacial score (nSPS) is 11.5. The van der Waals surface area contributed by atoms with Gasteiger partial charge in [0.25, 0.3) is 5.91 Å². The van der Waals surface area contributed by atoms with E-state index in [1.165, 1.54) is 0 Å². The van der Waals surface area contributed by atoms with Crippen molar-refractivity contribution >= 4 is 16.9 Å². The van der Waals surface area contributed by atoms with Crippen LogP contribution >= 0.6 is 0 Å². The number of carbonyl (C=O) groups is 1. The molecular formula is C19H28ClN2O3-. The number of rotatable bonds is 7. The van der Waals surface area contributed by atoms with Gasteiger partial charge in [-0.25, -0.2) is 0 Å². The van der Waals surface area contributed by atoms with Crippen LogP contribution in [0.1, 0.15) is 36.9 Å². The number of benzene rings is 1. The average molecular weight is 368 g/mol. The Bertz CT molecular complexity index is 723. The molecule has 0 saturated heterocycles. The summed E-state index contributed by atoms with van der Waals surface area (Å²) < 4.78 is 11.3. The van der Waals surface area contributed by atoms with Crippen LogP contribution in [0.3, 0.4) is 0 Å². The monoisotopic (exact) mass is 367 g/mol. The van der Waals surface area contributed by atoms with Crippen molar-refractivity contribution in [3.05, 3.63) is 29.5 Å². The predicted molar refractivity (Wildman–Crippen MR) is 96.8 cm³/mol. The Labute approximate surface area is 156 Å². The van der Waals surface area contributed by atoms with Gasteiger partial charge in [-0.1, -0.05) is 13.8 Å². The maximum absolute atomic E-state index is 12.5. The molecule has 2 aromatic rings. The van der Waals surface area contributed by atoms with Crippen LogP contribution in [0, 0.1) is 12.3 Å². The van der Waals surface area contributed by atoms with Gasteiger partial charge in [-0.3, -0.25) is 4.79 Å². The quantitative estimate of drug-likeness (QED) is 0.772. The highest BCUT2D eigenvalue weighted by Crippen LogP contribution is 2.29. The Balaban J connectivity index is 0.00000312. The molecule has 0 aliphatic carbocycles. The van der Waals surface area contributed by atoms with Gasteiger partial charge in [-0.15, -0.1) is 0 Å². The van der Waals surface area contributed by atoms with E-state index in [1.54, 1.807) is 0 Å². The Hall–Kier alpha value is -1.72. The van der Waals surface area contributed by atoms with Crippen LogP contribution in [-0.2, 0) is 0 Å². The highest BCUT2D eigenvalue weighted by Gasteiger charge is 2.23. The van der Waals surface area contributed by atoms with Gasteiger partial charge in [0.05, 0.1) is 6.61 Å². The summed E-state index contributed by atoms with van der Waals surface area (Å²) in [5.41, 5.74) is 1.53. The largest absolute Gasteiger partial charge is 1.00 e. The van der Waals surface area contributed by atoms with Crippen molar-refractivity contribution in [2.75, 3.05) is 33.8 Å². The molecule has 1 heterocycles. The number of furan rings is 1. The fraction of sp³-hybridized carbons (Fsp3) is 0.526. The molecule has 0 spiro atoms. The molecule has 0 bridgehead atoms. The highest BCUT2D eigenvalue weighted by atomic mass is 35.5. The number of fused-ring (bicyclic) bond motifs is 1. The first kappa shape index (κ1) is 21.3. The first-order valence-electron chi connectivity index (χ1n) is 8.32. The molecule has 1 amide bonds. The highest BCUT2D eigenvalue weighted by molar-refractivity contribution is 5.99. The second-order valence-corrected chi connectivity index (χ2v) is 7.23. The minimum absolute atomic E-state index is 0. The zero-order valence-electron chi connectivity index (χ0n) is 15.9. The molecule has 1 N–H and O–H groups in total. The zero-order valence-corrected chi connectivity index (χ0v) is 16.7. The van der Waals surface area contributed by atoms with E-state index in [2.05, 4.69) is 24.1 Å². The van der Waals surface area contributed by atoms with E-state index in [4.69, 9.17) is 9.15 Å². The lowest BCUT2D eigenvalue weighted by molar-refractivity contribution is -0.0000143. The summed E-state index contributed by atoms with van der Waals surface area (Å²) in [4.78, 5) is 14.6. The van der Waals surface area contributed by atoms with Crippen LogP contribution in [0.25, 0.3) is 11.0 Å². The number of nitrogens with zero attached hydrogens (tertiary/aromatic N) is 1. The molecule has 0 aliphatic rings. The average Bonchev–Trinajstić information content (AvgIpc) is 2.81. The van der Waals surface area contributed by atoms with E-state index in [0.717, 1.165) is 23.2 Å². The van der Waals surface area contributed by atoms with Crippen LogP contribution in [0.15, 0.2) is 22.6 Å². The van der Waals surface area contributed by atoms with E-state index < -0.39 is 0 Å². The summed E-state index contributed by atoms with van der Waals surface area (Å²) in [6, 6.07) is 5.63. The van der Waals surface area contributed by atoms with Gasteiger partial charge in [-0.05, 0) is 51.6 Å². The van der Waals surface area contributed by atoms with Crippen molar-refractivity contribution in [3.63, 3.8) is 0 Å². The van der Waals surface area contributed by atoms with Gasteiger partial charge in [0.2, 0.25) is 0 Å². The van der Waals surface area contributed by atoms with E-state index in [9.17, 15) is 4.79 Å². The number of carbonyl (C=O) groups excluding carboxylic acids is 1. The topological polar surface area (TPSA) is 54.7 Å². The summed E-state index contributed by atoms with van der Waals surface area (Å²) in [5, 5.41) is 3.91. The van der Waals surface area contributed by atoms with Gasteiger partial charge in [0.1, 0.15) is 11.3 Å². The molecule has 0 radical (unpaired) electrons. The van der Waals surface area contributed by atoms with Crippen LogP contribution < -0.4 is 22.5 Å². The third kappa shape index (κ3) is 5.38. The first-order valence-corrected chi connectivity index (χ1v) is 8.32. The molecule has 6 heteroatoms. The summed E-state index contributed by atoms with van der Waals surface area (Å²) in [6.45, 7) is 10.2. The third-order valence-corrected chi connectivity index (χ3v) is 3.90. The summed E-state index contributed by atoms with van der Waals surface area (Å²) in [6.07, 6.45) is 0. The smallest absolute Gasteiger partial charge is 0.287 e. The molecule has 0 saturated carbocycles. The number of hydrogen-bond donors (Lipinski definition) is 1. The first-order chi connectivity index (χ1) is 11.2. The molecule has 2 rings (SSSR count). The van der Waals surface area contributed by atoms with Crippen molar-refractivity contribution in [2.24, 2.45) is 5.41 Å². The molecule has 0 atom stereocenters. The number of nitrogens with one attached hydrogen (secondary N) is 1. The standard InChI is InChI=1S/C19H28N2O3.ClH/c1-7-23-14-8-9-16-15(10-14)13(2)17(24-16)18(22)20-11-19(3,4)12-21(5)6;/h8-10H,7,11-12H2,1-6H3,(H,20,22);1H/p-1. The Morgan fingerprint density at radius 3 is 2.60 bits per heavy atom. The van der Waals surface area contributed by atoms with Crippen LogP contribution in [0.4, 0.5) is 0 Å². The maximum atomic E-state index is 12.5. The molecule has 1 aromatic heterocycles. The molecular weight excluding hydrogens is 340 g/mol. The van der Waals surface area contributed by atoms with Gasteiger partial charge < -0.3 is 31.8 Å². The second kappa shape index (κ2) is 8.59. The van der Waals surface area contributed by atoms with E-state index in [-0.39, 0.29) is 23.7 Å². The van der Waals surface area contributed by atoms with Gasteiger partial charge in [0, 0.05) is 24.0 Å². The van der Waals surface area contributed by atoms with Crippen molar-refractivity contribution in [1.29, 1.82) is 0 Å². The Morgan fingerprint density at radius 1 is 1.32 bits per heavy atom. The zero-order chi connectivity index (χ0) is 17.9. The number of ether oxygens (including phenoxy) is 1. The van der Waals surface area contributed by atoms with E-state index >= 15 is 0 Å². The van der Waals surface area contributed by atoms with E-state index in [0.29, 0.717) is 24.5 Å². The third-order valence-electron chi connectivity index (χ3n) is 3.90. The fourth-order valence-corrected chi connectivity index (χ4v) is 2.98. The number of aryl methyl sites for hydroxylation is 1. The lowest BCUT2D eigenvalue weighted by Gasteiger charge is -2.28. The lowest BCUT2D eigenvalue weighted by Crippen LogP contribution is -3.00. The Morgan fingerprint density at radius 2 is 2.00 bits per heavy atom. The molecule has 25 heavy (non-hydrogen) atoms. The molecule has 5 nitrogen and oxygen atoms in total. The predicted octanol–water partition coefficient (Wildman–Crippen LogP) is 0.462. The lowest BCUT2D eigenvalue weighted by atomic mass is 9.93. The van der Waals surface area contributed by atoms with Gasteiger partial charge in [0.15, 0.2) is 5.76 Å². The molecule has 1 aromatic carbocycles. The fourth-order valence-electron chi connectivity index (χ4n) is 2.98. The number of amides is 1. The van der Waals surface area contributed by atoms with Crippen molar-refractivity contribution in [2.45, 2.75) is 27.7 Å². The maximum Gasteiger partial charge on any atom is 0.287 e. The Kier molecular flexibility index (Phi) is 7.32. The summed E-state index contributed by atoms with van der Waals surface area (Å²) in [7, 11) is 4.06. The summed E-state index contributed by atoms with van der Waals surface area (Å²) in [5.74, 6) is 0.987. The van der Waals surface area contributed by atoms with Crippen LogP contribution in [0.2, 0.25) is 0 Å².